The van der Waals surface area contributed by atoms with Gasteiger partial charge in [-0.3, -0.25) is 0 Å². The minimum Gasteiger partial charge on any atom is -0.390 e. The van der Waals surface area contributed by atoms with Crippen molar-refractivity contribution in [3.63, 3.8) is 0 Å². The van der Waals surface area contributed by atoms with E-state index in [2.05, 4.69) is 9.97 Å². The van der Waals surface area contributed by atoms with E-state index in [9.17, 15) is 10.2 Å². The first-order chi connectivity index (χ1) is 10.5. The molecule has 1 saturated heterocycles. The van der Waals surface area contributed by atoms with E-state index in [1.54, 1.807) is 0 Å². The molecule has 4 rings (SSSR count). The largest absolute Gasteiger partial charge is 0.390 e. The van der Waals surface area contributed by atoms with Gasteiger partial charge in [0.1, 0.15) is 23.9 Å². The molecule has 1 unspecified atom stereocenters. The van der Waals surface area contributed by atoms with Crippen LogP contribution in [-0.4, -0.2) is 49.7 Å². The molecule has 1 spiro atoms. The van der Waals surface area contributed by atoms with Crippen molar-refractivity contribution in [3.05, 3.63) is 18.6 Å². The molecule has 1 aliphatic carbocycles. The van der Waals surface area contributed by atoms with Crippen molar-refractivity contribution in [2.75, 3.05) is 12.3 Å². The maximum absolute atomic E-state index is 10.6. The van der Waals surface area contributed by atoms with Gasteiger partial charge in [-0.15, -0.1) is 0 Å². The van der Waals surface area contributed by atoms with Crippen LogP contribution in [0.3, 0.4) is 0 Å². The number of nitrogens with two attached hydrogens (primary N) is 1. The molecule has 1 saturated carbocycles. The van der Waals surface area contributed by atoms with Gasteiger partial charge in [0.25, 0.3) is 0 Å². The number of hydrogen-bond donors (Lipinski definition) is 3. The Morgan fingerprint density at radius 1 is 1.36 bits per heavy atom. The average Bonchev–Trinajstić information content (AvgIpc) is 3.14. The summed E-state index contributed by atoms with van der Waals surface area (Å²) in [6.07, 6.45) is 3.17. The van der Waals surface area contributed by atoms with Crippen LogP contribution in [0.15, 0.2) is 18.6 Å². The number of hydrogen-bond acceptors (Lipinski definition) is 6. The summed E-state index contributed by atoms with van der Waals surface area (Å²) < 4.78 is 7.56. The number of ether oxygens (including phenoxy) is 1. The van der Waals surface area contributed by atoms with E-state index in [-0.39, 0.29) is 17.6 Å². The summed E-state index contributed by atoms with van der Waals surface area (Å²) in [7, 11) is 0. The average molecular weight is 304 g/mol. The number of aliphatic hydroxyl groups excluding tert-OH is 2. The van der Waals surface area contributed by atoms with Crippen molar-refractivity contribution >= 4 is 16.9 Å². The van der Waals surface area contributed by atoms with Crippen molar-refractivity contribution in [1.29, 1.82) is 0 Å². The van der Waals surface area contributed by atoms with Crippen molar-refractivity contribution in [3.8, 4) is 0 Å². The van der Waals surface area contributed by atoms with E-state index >= 15 is 0 Å². The second-order valence-electron chi connectivity index (χ2n) is 6.61. The molecule has 7 heteroatoms. The first kappa shape index (κ1) is 13.9. The predicted octanol–water partition coefficient (Wildman–Crippen LogP) is 0.475. The molecule has 22 heavy (non-hydrogen) atoms. The smallest absolute Gasteiger partial charge is 0.145 e. The standard InChI is InChI=1S/C15H20N4O3/c1-8-4-15(6-22-8)5-10(11(20)12(15)21)19-3-2-9-13(16)17-7-18-14(9)19/h2-3,7-8,10-12,20-21H,4-6H2,1H3,(H2,16,17,18)/t8?,10-,11+,12+,15+/m1/s1. The number of nitrogen functional groups attached to an aromatic ring is 1. The highest BCUT2D eigenvalue weighted by molar-refractivity contribution is 5.86. The van der Waals surface area contributed by atoms with Crippen molar-refractivity contribution in [2.24, 2.45) is 5.41 Å². The minimum absolute atomic E-state index is 0.111. The SMILES string of the molecule is CC1C[C@@]2(CO1)C[C@@H](n1ccc3c(N)ncnc31)[C@H](O)[C@@H]2O. The number of aliphatic hydroxyl groups is 2. The Balaban J connectivity index is 1.75. The van der Waals surface area contributed by atoms with Gasteiger partial charge in [-0.25, -0.2) is 9.97 Å². The lowest BCUT2D eigenvalue weighted by molar-refractivity contribution is -0.0307. The van der Waals surface area contributed by atoms with Gasteiger partial charge in [0.2, 0.25) is 0 Å². The minimum atomic E-state index is -0.847. The molecule has 0 aromatic carbocycles. The highest BCUT2D eigenvalue weighted by Gasteiger charge is 2.56. The first-order valence-electron chi connectivity index (χ1n) is 7.56. The third kappa shape index (κ3) is 1.79. The Morgan fingerprint density at radius 3 is 2.91 bits per heavy atom. The first-order valence-corrected chi connectivity index (χ1v) is 7.56. The molecule has 2 aliphatic rings. The van der Waals surface area contributed by atoms with Crippen LogP contribution in [0.1, 0.15) is 25.8 Å². The van der Waals surface area contributed by atoms with Crippen LogP contribution in [0.25, 0.3) is 11.0 Å². The van der Waals surface area contributed by atoms with E-state index < -0.39 is 12.2 Å². The summed E-state index contributed by atoms with van der Waals surface area (Å²) in [5.74, 6) is 0.421. The zero-order chi connectivity index (χ0) is 15.5. The fraction of sp³-hybridized carbons (Fsp3) is 0.600. The molecule has 4 N–H and O–H groups in total. The molecule has 0 bridgehead atoms. The summed E-state index contributed by atoms with van der Waals surface area (Å²) in [5, 5.41) is 21.9. The number of aromatic nitrogens is 3. The topological polar surface area (TPSA) is 106 Å². The van der Waals surface area contributed by atoms with Gasteiger partial charge < -0.3 is 25.3 Å². The molecular weight excluding hydrogens is 284 g/mol. The Labute approximate surface area is 127 Å². The summed E-state index contributed by atoms with van der Waals surface area (Å²) in [6, 6.07) is 1.61. The van der Waals surface area contributed by atoms with E-state index in [0.717, 1.165) is 11.8 Å². The molecule has 1 aliphatic heterocycles. The van der Waals surface area contributed by atoms with Crippen LogP contribution in [0.5, 0.6) is 0 Å². The van der Waals surface area contributed by atoms with Gasteiger partial charge in [0, 0.05) is 11.6 Å². The number of nitrogens with zero attached hydrogens (tertiary/aromatic N) is 3. The molecule has 7 nitrogen and oxygen atoms in total. The number of anilines is 1. The highest BCUT2D eigenvalue weighted by atomic mass is 16.5. The molecule has 0 amide bonds. The normalized spacial score (nSPS) is 38.3. The molecule has 2 fully saturated rings. The molecule has 5 atom stereocenters. The molecule has 2 aromatic heterocycles. The van der Waals surface area contributed by atoms with Crippen LogP contribution < -0.4 is 5.73 Å². The number of fused-ring (bicyclic) bond motifs is 1. The zero-order valence-corrected chi connectivity index (χ0v) is 12.4. The fourth-order valence-electron chi connectivity index (χ4n) is 4.10. The molecular formula is C15H20N4O3. The van der Waals surface area contributed by atoms with Crippen molar-refractivity contribution in [2.45, 2.75) is 44.1 Å². The van der Waals surface area contributed by atoms with Crippen LogP contribution in [0.2, 0.25) is 0 Å². The summed E-state index contributed by atoms with van der Waals surface area (Å²) in [4.78, 5) is 8.27. The van der Waals surface area contributed by atoms with E-state index in [1.165, 1.54) is 6.33 Å². The predicted molar refractivity (Wildman–Crippen MR) is 80.1 cm³/mol. The zero-order valence-electron chi connectivity index (χ0n) is 12.4. The van der Waals surface area contributed by atoms with Gasteiger partial charge in [0.15, 0.2) is 0 Å². The van der Waals surface area contributed by atoms with E-state index in [4.69, 9.17) is 10.5 Å². The molecule has 3 heterocycles. The fourth-order valence-corrected chi connectivity index (χ4v) is 4.10. The van der Waals surface area contributed by atoms with Crippen LogP contribution in [-0.2, 0) is 4.74 Å². The lowest BCUT2D eigenvalue weighted by atomic mass is 9.81. The maximum Gasteiger partial charge on any atom is 0.145 e. The molecule has 2 aromatic rings. The Morgan fingerprint density at radius 2 is 2.18 bits per heavy atom. The molecule has 118 valence electrons. The highest BCUT2D eigenvalue weighted by Crippen LogP contribution is 2.51. The Hall–Kier alpha value is -1.70. The third-order valence-electron chi connectivity index (χ3n) is 5.21. The van der Waals surface area contributed by atoms with Gasteiger partial charge in [-0.2, -0.15) is 0 Å². The van der Waals surface area contributed by atoms with Crippen molar-refractivity contribution < 1.29 is 14.9 Å². The summed E-state index contributed by atoms with van der Waals surface area (Å²) >= 11 is 0. The lowest BCUT2D eigenvalue weighted by Crippen LogP contribution is -2.37. The van der Waals surface area contributed by atoms with Gasteiger partial charge in [-0.1, -0.05) is 0 Å². The summed E-state index contributed by atoms with van der Waals surface area (Å²) in [6.45, 7) is 2.49. The lowest BCUT2D eigenvalue weighted by Gasteiger charge is -2.25. The second-order valence-corrected chi connectivity index (χ2v) is 6.61. The molecule has 0 radical (unpaired) electrons. The van der Waals surface area contributed by atoms with Crippen molar-refractivity contribution in [1.82, 2.24) is 14.5 Å². The van der Waals surface area contributed by atoms with Crippen LogP contribution >= 0.6 is 0 Å². The number of rotatable bonds is 1. The summed E-state index contributed by atoms with van der Waals surface area (Å²) in [5.41, 5.74) is 6.18. The quantitative estimate of drug-likeness (QED) is 0.707. The van der Waals surface area contributed by atoms with Gasteiger partial charge in [0.05, 0.1) is 30.2 Å². The Kier molecular flexibility index (Phi) is 2.94. The monoisotopic (exact) mass is 304 g/mol. The van der Waals surface area contributed by atoms with Gasteiger partial charge in [-0.05, 0) is 25.8 Å². The Bertz CT molecular complexity index is 718. The van der Waals surface area contributed by atoms with Crippen LogP contribution in [0, 0.1) is 5.41 Å². The van der Waals surface area contributed by atoms with Gasteiger partial charge >= 0.3 is 0 Å². The van der Waals surface area contributed by atoms with E-state index in [1.807, 2.05) is 23.8 Å². The van der Waals surface area contributed by atoms with Crippen LogP contribution in [0.4, 0.5) is 5.82 Å². The van der Waals surface area contributed by atoms with E-state index in [0.29, 0.717) is 24.5 Å². The maximum atomic E-state index is 10.6. The third-order valence-corrected chi connectivity index (χ3v) is 5.21. The second kappa shape index (κ2) is 4.65.